The number of nitrogens with zero attached hydrogens (tertiary/aromatic N) is 3. The van der Waals surface area contributed by atoms with E-state index in [0.29, 0.717) is 11.0 Å². The predicted molar refractivity (Wildman–Crippen MR) is 65.1 cm³/mol. The van der Waals surface area contributed by atoms with Crippen molar-refractivity contribution in [1.29, 1.82) is 0 Å². The standard InChI is InChI=1S/C11H14F6N4/c1-3-18-9-19-7(11(15,16)17)5-8(20-9)21(4-2)6-10(12,13)14/h5H,3-4,6H2,1-2H3,(H,18,19,20). The Bertz CT molecular complexity index is 471. The van der Waals surface area contributed by atoms with Gasteiger partial charge in [0.1, 0.15) is 12.4 Å². The van der Waals surface area contributed by atoms with Gasteiger partial charge in [0, 0.05) is 19.2 Å². The highest BCUT2D eigenvalue weighted by Crippen LogP contribution is 2.31. The fraction of sp³-hybridized carbons (Fsp3) is 0.636. The fourth-order valence-electron chi connectivity index (χ4n) is 1.55. The van der Waals surface area contributed by atoms with Gasteiger partial charge in [-0.2, -0.15) is 31.3 Å². The Hall–Kier alpha value is -1.74. The zero-order valence-electron chi connectivity index (χ0n) is 11.3. The second-order valence-corrected chi connectivity index (χ2v) is 4.09. The smallest absolute Gasteiger partial charge is 0.354 e. The van der Waals surface area contributed by atoms with Crippen molar-refractivity contribution in [2.45, 2.75) is 26.2 Å². The Morgan fingerprint density at radius 2 is 1.71 bits per heavy atom. The normalized spacial score (nSPS) is 12.4. The maximum absolute atomic E-state index is 12.7. The van der Waals surface area contributed by atoms with E-state index in [1.807, 2.05) is 0 Å². The van der Waals surface area contributed by atoms with Gasteiger partial charge in [-0.25, -0.2) is 4.98 Å². The zero-order chi connectivity index (χ0) is 16.3. The molecule has 1 N–H and O–H groups in total. The second kappa shape index (κ2) is 6.35. The lowest BCUT2D eigenvalue weighted by Gasteiger charge is -2.24. The average Bonchev–Trinajstić information content (AvgIpc) is 2.34. The molecule has 4 nitrogen and oxygen atoms in total. The molecule has 0 spiro atoms. The van der Waals surface area contributed by atoms with Crippen LogP contribution in [0.2, 0.25) is 0 Å². The third-order valence-electron chi connectivity index (χ3n) is 2.41. The molecule has 120 valence electrons. The van der Waals surface area contributed by atoms with Crippen molar-refractivity contribution in [1.82, 2.24) is 9.97 Å². The van der Waals surface area contributed by atoms with E-state index in [0.717, 1.165) is 0 Å². The summed E-state index contributed by atoms with van der Waals surface area (Å²) in [5.41, 5.74) is -1.29. The molecule has 1 heterocycles. The molecule has 0 amide bonds. The molecule has 0 aliphatic carbocycles. The molecule has 10 heteroatoms. The first-order chi connectivity index (χ1) is 9.56. The summed E-state index contributed by atoms with van der Waals surface area (Å²) in [7, 11) is 0. The third-order valence-corrected chi connectivity index (χ3v) is 2.41. The summed E-state index contributed by atoms with van der Waals surface area (Å²) in [5.74, 6) is -0.781. The van der Waals surface area contributed by atoms with Crippen molar-refractivity contribution in [3.63, 3.8) is 0 Å². The molecule has 1 aromatic heterocycles. The molecule has 0 radical (unpaired) electrons. The summed E-state index contributed by atoms with van der Waals surface area (Å²) in [5, 5.41) is 2.47. The topological polar surface area (TPSA) is 41.1 Å². The van der Waals surface area contributed by atoms with Gasteiger partial charge >= 0.3 is 12.4 Å². The average molecular weight is 316 g/mol. The van der Waals surface area contributed by atoms with Crippen LogP contribution >= 0.6 is 0 Å². The number of aromatic nitrogens is 2. The molecule has 0 saturated carbocycles. The van der Waals surface area contributed by atoms with Gasteiger partial charge in [0.2, 0.25) is 5.95 Å². The molecule has 0 bridgehead atoms. The monoisotopic (exact) mass is 316 g/mol. The Morgan fingerprint density at radius 3 is 2.14 bits per heavy atom. The molecule has 1 rings (SSSR count). The number of nitrogens with one attached hydrogen (secondary N) is 1. The second-order valence-electron chi connectivity index (χ2n) is 4.09. The van der Waals surface area contributed by atoms with Crippen molar-refractivity contribution in [2.24, 2.45) is 0 Å². The predicted octanol–water partition coefficient (Wildman–Crippen LogP) is 3.32. The molecule has 0 saturated heterocycles. The summed E-state index contributed by atoms with van der Waals surface area (Å²) in [4.78, 5) is 7.65. The fourth-order valence-corrected chi connectivity index (χ4v) is 1.55. The number of hydrogen-bond donors (Lipinski definition) is 1. The molecule has 0 aromatic carbocycles. The van der Waals surface area contributed by atoms with Crippen molar-refractivity contribution in [3.05, 3.63) is 11.8 Å². The molecule has 0 aliphatic heterocycles. The molecule has 1 aromatic rings. The Balaban J connectivity index is 3.23. The van der Waals surface area contributed by atoms with Gasteiger partial charge in [0.15, 0.2) is 5.69 Å². The van der Waals surface area contributed by atoms with Gasteiger partial charge in [-0.15, -0.1) is 0 Å². The SMILES string of the molecule is CCNc1nc(N(CC)CC(F)(F)F)cc(C(F)(F)F)n1. The van der Waals surface area contributed by atoms with Crippen LogP contribution in [0.15, 0.2) is 6.07 Å². The van der Waals surface area contributed by atoms with E-state index in [4.69, 9.17) is 0 Å². The van der Waals surface area contributed by atoms with Crippen LogP contribution in [-0.2, 0) is 6.18 Å². The van der Waals surface area contributed by atoms with Crippen molar-refractivity contribution >= 4 is 11.8 Å². The number of alkyl halides is 6. The number of hydrogen-bond acceptors (Lipinski definition) is 4. The van der Waals surface area contributed by atoms with Gasteiger partial charge < -0.3 is 10.2 Å². The Labute approximate surface area is 117 Å². The molecule has 0 fully saturated rings. The van der Waals surface area contributed by atoms with E-state index in [1.54, 1.807) is 6.92 Å². The highest BCUT2D eigenvalue weighted by atomic mass is 19.4. The number of anilines is 2. The zero-order valence-corrected chi connectivity index (χ0v) is 11.3. The van der Waals surface area contributed by atoms with E-state index in [1.165, 1.54) is 6.92 Å². The van der Waals surface area contributed by atoms with E-state index < -0.39 is 30.4 Å². The van der Waals surface area contributed by atoms with Crippen molar-refractivity contribution in [3.8, 4) is 0 Å². The van der Waals surface area contributed by atoms with Gasteiger partial charge in [-0.1, -0.05) is 0 Å². The highest BCUT2D eigenvalue weighted by molar-refractivity contribution is 5.45. The number of rotatable bonds is 5. The van der Waals surface area contributed by atoms with Crippen LogP contribution in [0.4, 0.5) is 38.1 Å². The van der Waals surface area contributed by atoms with Gasteiger partial charge in [-0.3, -0.25) is 0 Å². The van der Waals surface area contributed by atoms with Crippen molar-refractivity contribution in [2.75, 3.05) is 29.9 Å². The maximum atomic E-state index is 12.7. The minimum Gasteiger partial charge on any atom is -0.354 e. The summed E-state index contributed by atoms with van der Waals surface area (Å²) in [6.07, 6.45) is -9.31. The van der Waals surface area contributed by atoms with Gasteiger partial charge in [0.05, 0.1) is 0 Å². The first-order valence-electron chi connectivity index (χ1n) is 6.08. The van der Waals surface area contributed by atoms with Crippen molar-refractivity contribution < 1.29 is 26.3 Å². The largest absolute Gasteiger partial charge is 0.433 e. The molecule has 0 atom stereocenters. The maximum Gasteiger partial charge on any atom is 0.433 e. The summed E-state index contributed by atoms with van der Waals surface area (Å²) >= 11 is 0. The molecule has 0 unspecified atom stereocenters. The third kappa shape index (κ3) is 5.27. The Kier molecular flexibility index (Phi) is 5.24. The first-order valence-corrected chi connectivity index (χ1v) is 6.08. The molecule has 0 aliphatic rings. The minimum absolute atomic E-state index is 0.139. The summed E-state index contributed by atoms with van der Waals surface area (Å²) in [6, 6.07) is 0.510. The molecule has 21 heavy (non-hydrogen) atoms. The van der Waals surface area contributed by atoms with Crippen LogP contribution in [0.3, 0.4) is 0 Å². The lowest BCUT2D eigenvalue weighted by atomic mass is 10.3. The minimum atomic E-state index is -4.76. The number of halogens is 6. The Morgan fingerprint density at radius 1 is 1.10 bits per heavy atom. The highest BCUT2D eigenvalue weighted by Gasteiger charge is 2.36. The quantitative estimate of drug-likeness (QED) is 0.846. The summed E-state index contributed by atoms with van der Waals surface area (Å²) in [6.45, 7) is 1.72. The van der Waals surface area contributed by atoms with Crippen LogP contribution < -0.4 is 10.2 Å². The van der Waals surface area contributed by atoms with Crippen LogP contribution in [0, 0.1) is 0 Å². The van der Waals surface area contributed by atoms with Crippen LogP contribution in [-0.4, -0.2) is 35.8 Å². The molecular formula is C11H14F6N4. The van der Waals surface area contributed by atoms with E-state index >= 15 is 0 Å². The van der Waals surface area contributed by atoms with Crippen LogP contribution in [0.5, 0.6) is 0 Å². The first kappa shape index (κ1) is 17.3. The van der Waals surface area contributed by atoms with Crippen LogP contribution in [0.1, 0.15) is 19.5 Å². The van der Waals surface area contributed by atoms with Crippen LogP contribution in [0.25, 0.3) is 0 Å². The summed E-state index contributed by atoms with van der Waals surface area (Å²) < 4.78 is 75.5. The van der Waals surface area contributed by atoms with E-state index in [2.05, 4.69) is 15.3 Å². The van der Waals surface area contributed by atoms with Gasteiger partial charge in [-0.05, 0) is 13.8 Å². The van der Waals surface area contributed by atoms with E-state index in [9.17, 15) is 26.3 Å². The lowest BCUT2D eigenvalue weighted by Crippen LogP contribution is -2.35. The van der Waals surface area contributed by atoms with Gasteiger partial charge in [0.25, 0.3) is 0 Å². The molecular weight excluding hydrogens is 302 g/mol. The lowest BCUT2D eigenvalue weighted by molar-refractivity contribution is -0.141. The van der Waals surface area contributed by atoms with E-state index in [-0.39, 0.29) is 19.0 Å².